The first-order chi connectivity index (χ1) is 16.1. The second kappa shape index (κ2) is 9.65. The van der Waals surface area contributed by atoms with Crippen LogP contribution in [-0.4, -0.2) is 28.8 Å². The number of carbonyl (C=O) groups is 2. The molecule has 0 aliphatic heterocycles. The number of ether oxygens (including phenoxy) is 1. The van der Waals surface area contributed by atoms with E-state index in [1.165, 1.54) is 17.9 Å². The van der Waals surface area contributed by atoms with Crippen LogP contribution >= 0.6 is 0 Å². The third kappa shape index (κ3) is 4.67. The Morgan fingerprint density at radius 1 is 0.879 bits per heavy atom. The molecule has 0 aliphatic rings. The van der Waals surface area contributed by atoms with E-state index in [4.69, 9.17) is 4.74 Å². The van der Waals surface area contributed by atoms with Crippen molar-refractivity contribution in [1.82, 2.24) is 15.1 Å². The maximum atomic E-state index is 13.4. The minimum Gasteiger partial charge on any atom is -0.464 e. The number of amides is 1. The lowest BCUT2D eigenvalue weighted by molar-refractivity contribution is -0.136. The topological polar surface area (TPSA) is 93.2 Å². The normalized spacial score (nSPS) is 11.1. The van der Waals surface area contributed by atoms with Crippen molar-refractivity contribution in [3.63, 3.8) is 0 Å². The molecule has 0 bridgehead atoms. The first kappa shape index (κ1) is 21.6. The summed E-state index contributed by atoms with van der Waals surface area (Å²) in [5.41, 5.74) is 1.92. The number of nitrogens with zero attached hydrogens (tertiary/aromatic N) is 1. The standard InChI is InChI=1S/C26H21N3O4/c1-33-26(32)22(27-24(30)19-13-7-3-8-14-19)17-21-23(18-11-5-2-6-12-18)28-29(25(21)31)20-15-9-4-10-16-20/h2-17,28H,1H3,(H,27,30)/b22-17-. The summed E-state index contributed by atoms with van der Waals surface area (Å²) in [6.45, 7) is 0. The molecule has 1 heterocycles. The Morgan fingerprint density at radius 2 is 1.45 bits per heavy atom. The first-order valence-corrected chi connectivity index (χ1v) is 10.2. The zero-order valence-corrected chi connectivity index (χ0v) is 17.8. The molecule has 1 aromatic heterocycles. The van der Waals surface area contributed by atoms with Gasteiger partial charge in [-0.2, -0.15) is 0 Å². The molecule has 0 unspecified atom stereocenters. The van der Waals surface area contributed by atoms with Crippen molar-refractivity contribution in [2.45, 2.75) is 0 Å². The lowest BCUT2D eigenvalue weighted by Gasteiger charge is -2.08. The molecule has 0 fully saturated rings. The molecule has 0 saturated carbocycles. The Morgan fingerprint density at radius 3 is 2.06 bits per heavy atom. The number of esters is 1. The van der Waals surface area contributed by atoms with Gasteiger partial charge in [0.1, 0.15) is 5.70 Å². The largest absolute Gasteiger partial charge is 0.464 e. The third-order valence-electron chi connectivity index (χ3n) is 4.98. The number of rotatable bonds is 6. The van der Waals surface area contributed by atoms with Crippen molar-refractivity contribution in [2.75, 3.05) is 7.11 Å². The number of H-pyrrole nitrogens is 1. The Bertz CT molecular complexity index is 1360. The van der Waals surface area contributed by atoms with Crippen LogP contribution in [0.1, 0.15) is 15.9 Å². The fraction of sp³-hybridized carbons (Fsp3) is 0.0385. The predicted molar refractivity (Wildman–Crippen MR) is 126 cm³/mol. The van der Waals surface area contributed by atoms with Gasteiger partial charge in [0.2, 0.25) is 0 Å². The average molecular weight is 439 g/mol. The highest BCUT2D eigenvalue weighted by molar-refractivity contribution is 6.03. The van der Waals surface area contributed by atoms with Crippen molar-refractivity contribution >= 4 is 18.0 Å². The molecule has 0 radical (unpaired) electrons. The Hall–Kier alpha value is -4.65. The van der Waals surface area contributed by atoms with E-state index >= 15 is 0 Å². The van der Waals surface area contributed by atoms with E-state index in [-0.39, 0.29) is 16.8 Å². The monoisotopic (exact) mass is 439 g/mol. The van der Waals surface area contributed by atoms with Crippen LogP contribution in [0, 0.1) is 0 Å². The average Bonchev–Trinajstić information content (AvgIpc) is 3.20. The van der Waals surface area contributed by atoms with Crippen LogP contribution in [0.15, 0.2) is 101 Å². The Balaban J connectivity index is 1.85. The predicted octanol–water partition coefficient (Wildman–Crippen LogP) is 3.78. The second-order valence-corrected chi connectivity index (χ2v) is 7.11. The summed E-state index contributed by atoms with van der Waals surface area (Å²) < 4.78 is 6.25. The lowest BCUT2D eigenvalue weighted by Crippen LogP contribution is -2.28. The molecule has 0 saturated heterocycles. The van der Waals surface area contributed by atoms with Gasteiger partial charge in [0.25, 0.3) is 11.5 Å². The van der Waals surface area contributed by atoms with Gasteiger partial charge in [-0.1, -0.05) is 66.7 Å². The van der Waals surface area contributed by atoms with Gasteiger partial charge in [0, 0.05) is 11.1 Å². The number of aromatic amines is 1. The van der Waals surface area contributed by atoms with Crippen molar-refractivity contribution in [1.29, 1.82) is 0 Å². The highest BCUT2D eigenvalue weighted by Gasteiger charge is 2.20. The minimum atomic E-state index is -0.773. The summed E-state index contributed by atoms with van der Waals surface area (Å²) >= 11 is 0. The number of hydrogen-bond donors (Lipinski definition) is 2. The molecule has 7 heteroatoms. The molecule has 4 rings (SSSR count). The van der Waals surface area contributed by atoms with E-state index in [0.29, 0.717) is 16.9 Å². The maximum Gasteiger partial charge on any atom is 0.354 e. The van der Waals surface area contributed by atoms with Crippen molar-refractivity contribution in [2.24, 2.45) is 0 Å². The van der Waals surface area contributed by atoms with Gasteiger partial charge < -0.3 is 10.1 Å². The minimum absolute atomic E-state index is 0.153. The number of methoxy groups -OCH3 is 1. The maximum absolute atomic E-state index is 13.4. The Kier molecular flexibility index (Phi) is 6.31. The highest BCUT2D eigenvalue weighted by atomic mass is 16.5. The number of para-hydroxylation sites is 1. The molecule has 0 aliphatic carbocycles. The summed E-state index contributed by atoms with van der Waals surface area (Å²) in [5, 5.41) is 5.70. The van der Waals surface area contributed by atoms with Gasteiger partial charge in [0.05, 0.1) is 24.1 Å². The third-order valence-corrected chi connectivity index (χ3v) is 4.98. The van der Waals surface area contributed by atoms with E-state index in [2.05, 4.69) is 10.4 Å². The summed E-state index contributed by atoms with van der Waals surface area (Å²) in [4.78, 5) is 38.6. The molecular formula is C26H21N3O4. The van der Waals surface area contributed by atoms with Crippen LogP contribution in [0.25, 0.3) is 23.0 Å². The highest BCUT2D eigenvalue weighted by Crippen LogP contribution is 2.22. The van der Waals surface area contributed by atoms with Crippen LogP contribution in [0.5, 0.6) is 0 Å². The number of hydrogen-bond acceptors (Lipinski definition) is 4. The van der Waals surface area contributed by atoms with Crippen LogP contribution in [0.4, 0.5) is 0 Å². The van der Waals surface area contributed by atoms with Gasteiger partial charge in [-0.25, -0.2) is 9.48 Å². The molecule has 0 spiro atoms. The van der Waals surface area contributed by atoms with Crippen LogP contribution in [-0.2, 0) is 9.53 Å². The van der Waals surface area contributed by atoms with E-state index in [9.17, 15) is 14.4 Å². The van der Waals surface area contributed by atoms with Crippen molar-refractivity contribution in [3.05, 3.63) is 118 Å². The van der Waals surface area contributed by atoms with Gasteiger partial charge in [0.15, 0.2) is 0 Å². The molecule has 1 amide bonds. The second-order valence-electron chi connectivity index (χ2n) is 7.11. The molecule has 2 N–H and O–H groups in total. The zero-order chi connectivity index (χ0) is 23.2. The SMILES string of the molecule is COC(=O)/C(=C/c1c(-c2ccccc2)[nH]n(-c2ccccc2)c1=O)NC(=O)c1ccccc1. The van der Waals surface area contributed by atoms with Crippen molar-refractivity contribution in [3.8, 4) is 16.9 Å². The fourth-order valence-corrected chi connectivity index (χ4v) is 3.35. The number of nitrogens with one attached hydrogen (secondary N) is 2. The summed E-state index contributed by atoms with van der Waals surface area (Å²) in [6, 6.07) is 26.8. The fourth-order valence-electron chi connectivity index (χ4n) is 3.35. The number of benzene rings is 3. The van der Waals surface area contributed by atoms with Gasteiger partial charge in [-0.05, 0) is 30.3 Å². The van der Waals surface area contributed by atoms with E-state index in [1.54, 1.807) is 42.5 Å². The molecular weight excluding hydrogens is 418 g/mol. The van der Waals surface area contributed by atoms with Gasteiger partial charge >= 0.3 is 5.97 Å². The summed E-state index contributed by atoms with van der Waals surface area (Å²) in [5.74, 6) is -1.27. The smallest absolute Gasteiger partial charge is 0.354 e. The summed E-state index contributed by atoms with van der Waals surface area (Å²) in [7, 11) is 1.21. The zero-order valence-electron chi connectivity index (χ0n) is 17.8. The lowest BCUT2D eigenvalue weighted by atomic mass is 10.1. The quantitative estimate of drug-likeness (QED) is 0.353. The van der Waals surface area contributed by atoms with Gasteiger partial charge in [-0.15, -0.1) is 0 Å². The van der Waals surface area contributed by atoms with Crippen molar-refractivity contribution < 1.29 is 14.3 Å². The molecule has 7 nitrogen and oxygen atoms in total. The van der Waals surface area contributed by atoms with Crippen LogP contribution in [0.3, 0.4) is 0 Å². The molecule has 33 heavy (non-hydrogen) atoms. The van der Waals surface area contributed by atoms with Gasteiger partial charge in [-0.3, -0.25) is 14.7 Å². The number of carbonyl (C=O) groups excluding carboxylic acids is 2. The van der Waals surface area contributed by atoms with E-state index < -0.39 is 11.9 Å². The number of aromatic nitrogens is 2. The Labute approximate surface area is 189 Å². The molecule has 4 aromatic rings. The van der Waals surface area contributed by atoms with E-state index in [1.807, 2.05) is 48.5 Å². The van der Waals surface area contributed by atoms with Crippen LogP contribution < -0.4 is 10.9 Å². The molecule has 0 atom stereocenters. The van der Waals surface area contributed by atoms with Crippen LogP contribution in [0.2, 0.25) is 0 Å². The summed E-state index contributed by atoms with van der Waals surface area (Å²) in [6.07, 6.45) is 1.34. The first-order valence-electron chi connectivity index (χ1n) is 10.2. The van der Waals surface area contributed by atoms with E-state index in [0.717, 1.165) is 5.56 Å². The molecule has 3 aromatic carbocycles. The molecule has 164 valence electrons.